The van der Waals surface area contributed by atoms with E-state index in [4.69, 9.17) is 0 Å². The molecule has 0 heterocycles. The van der Waals surface area contributed by atoms with Gasteiger partial charge < -0.3 is 19.8 Å². The molecule has 2 atom stereocenters. The second kappa shape index (κ2) is 10.3. The van der Waals surface area contributed by atoms with Crippen LogP contribution in [0.25, 0.3) is 0 Å². The Morgan fingerprint density at radius 3 is 1.08 bits per heavy atom. The fourth-order valence-corrected chi connectivity index (χ4v) is 0. The van der Waals surface area contributed by atoms with E-state index in [-0.39, 0.29) is 19.5 Å². The first-order chi connectivity index (χ1) is 5.29. The zero-order valence-electron chi connectivity index (χ0n) is 7.39. The summed E-state index contributed by atoms with van der Waals surface area (Å²) in [4.78, 5) is 19.0. The largest absolute Gasteiger partial charge is 2.00 e. The van der Waals surface area contributed by atoms with E-state index in [0.29, 0.717) is 0 Å². The van der Waals surface area contributed by atoms with Gasteiger partial charge in [0, 0.05) is 10.5 Å². The molecule has 72 valence electrons. The van der Waals surface area contributed by atoms with Crippen LogP contribution in [0.3, 0.4) is 0 Å². The van der Waals surface area contributed by atoms with Gasteiger partial charge >= 0.3 is 19.5 Å². The number of hydrogen-bond donors (Lipinski definition) is 2. The van der Waals surface area contributed by atoms with Crippen molar-refractivity contribution in [3.8, 4) is 0 Å². The predicted octanol–water partition coefficient (Wildman–Crippen LogP) is -1.89. The number of hydrogen-bond acceptors (Lipinski definition) is 6. The minimum absolute atomic E-state index is 0. The third-order valence-electron chi connectivity index (χ3n) is 0.682. The average molecular weight is 276 g/mol. The number of aliphatic carboxylic acids is 2. The molecule has 0 aliphatic heterocycles. The first kappa shape index (κ1) is 18.9. The quantitative estimate of drug-likeness (QED) is 0.456. The molecule has 0 spiro atoms. The third kappa shape index (κ3) is 18.9. The molecule has 0 aliphatic carbocycles. The van der Waals surface area contributed by atoms with E-state index in [0.717, 1.165) is 0 Å². The normalized spacial score (nSPS) is 12.6. The van der Waals surface area contributed by atoms with Gasteiger partial charge in [0.2, 0.25) is 0 Å². The molecule has 2 unspecified atom stereocenters. The van der Waals surface area contributed by atoms with Crippen LogP contribution >= 0.6 is 25.3 Å². The Bertz CT molecular complexity index is 143. The topological polar surface area (TPSA) is 80.3 Å². The Labute approximate surface area is 101 Å². The van der Waals surface area contributed by atoms with E-state index in [2.05, 4.69) is 25.3 Å². The van der Waals surface area contributed by atoms with Crippen LogP contribution in [0.15, 0.2) is 0 Å². The summed E-state index contributed by atoms with van der Waals surface area (Å²) in [6, 6.07) is 0. The molecule has 7 heteroatoms. The van der Waals surface area contributed by atoms with E-state index in [9.17, 15) is 19.8 Å². The van der Waals surface area contributed by atoms with Gasteiger partial charge in [-0.1, -0.05) is 0 Å². The van der Waals surface area contributed by atoms with Crippen LogP contribution in [0.2, 0.25) is 0 Å². The summed E-state index contributed by atoms with van der Waals surface area (Å²) in [6.45, 7) is 2.89. The zero-order chi connectivity index (χ0) is 10.3. The monoisotopic (exact) mass is 274 g/mol. The van der Waals surface area contributed by atoms with Crippen molar-refractivity contribution in [2.45, 2.75) is 24.3 Å². The Morgan fingerprint density at radius 1 is 1.00 bits per heavy atom. The number of thiol groups is 2. The van der Waals surface area contributed by atoms with Crippen LogP contribution in [0.4, 0.5) is 0 Å². The molecule has 0 aliphatic rings. The van der Waals surface area contributed by atoms with Crippen molar-refractivity contribution in [2.24, 2.45) is 0 Å². The maximum Gasteiger partial charge on any atom is 2.00 e. The Balaban J connectivity index is -0.000000143. The maximum absolute atomic E-state index is 9.51. The van der Waals surface area contributed by atoms with Crippen molar-refractivity contribution in [3.05, 3.63) is 0 Å². The van der Waals surface area contributed by atoms with Crippen molar-refractivity contribution < 1.29 is 39.3 Å². The Kier molecular flexibility index (Phi) is 15.1. The SMILES string of the molecule is CC(S)C(=O)[O-].CC(S)C(=O)[O-].[Zn+2]. The molecule has 0 N–H and O–H groups in total. The molecule has 0 radical (unpaired) electrons. The number of carboxylic acids is 2. The van der Waals surface area contributed by atoms with Crippen molar-refractivity contribution in [1.29, 1.82) is 0 Å². The molecule has 0 aromatic heterocycles. The van der Waals surface area contributed by atoms with Crippen LogP contribution < -0.4 is 10.2 Å². The van der Waals surface area contributed by atoms with Gasteiger partial charge in [0.25, 0.3) is 0 Å². The second-order valence-corrected chi connectivity index (χ2v) is 3.54. The molecule has 4 nitrogen and oxygen atoms in total. The van der Waals surface area contributed by atoms with Gasteiger partial charge in [-0.3, -0.25) is 0 Å². The van der Waals surface area contributed by atoms with Gasteiger partial charge in [-0.2, -0.15) is 25.3 Å². The summed E-state index contributed by atoms with van der Waals surface area (Å²) in [5.41, 5.74) is 0. The molecule has 0 saturated heterocycles. The Hall–Kier alpha value is 0.263. The standard InChI is InChI=1S/2C3H6O2S.Zn/c2*1-2(6)3(4)5;/h2*2,6H,1H3,(H,4,5);/q;;+2/p-2. The molecule has 0 aromatic carbocycles. The summed E-state index contributed by atoms with van der Waals surface area (Å²) in [5, 5.41) is 17.7. The van der Waals surface area contributed by atoms with Crippen LogP contribution in [0, 0.1) is 0 Å². The minimum atomic E-state index is -1.13. The number of carbonyl (C=O) groups is 2. The molecular weight excluding hydrogens is 266 g/mol. The molecule has 0 saturated carbocycles. The van der Waals surface area contributed by atoms with Crippen molar-refractivity contribution in [1.82, 2.24) is 0 Å². The summed E-state index contributed by atoms with van der Waals surface area (Å²) in [5.74, 6) is -2.25. The van der Waals surface area contributed by atoms with E-state index in [1.54, 1.807) is 0 Å². The molecule has 0 rings (SSSR count). The predicted molar refractivity (Wildman–Crippen MR) is 46.9 cm³/mol. The van der Waals surface area contributed by atoms with Gasteiger partial charge in [-0.25, -0.2) is 0 Å². The minimum Gasteiger partial charge on any atom is -0.549 e. The summed E-state index contributed by atoms with van der Waals surface area (Å²) < 4.78 is 0. The number of carbonyl (C=O) groups excluding carboxylic acids is 2. The van der Waals surface area contributed by atoms with Gasteiger partial charge in [0.15, 0.2) is 0 Å². The van der Waals surface area contributed by atoms with E-state index in [1.165, 1.54) is 13.8 Å². The van der Waals surface area contributed by atoms with Crippen molar-refractivity contribution in [2.75, 3.05) is 0 Å². The number of rotatable bonds is 2. The second-order valence-electron chi connectivity index (χ2n) is 1.99. The van der Waals surface area contributed by atoms with Crippen LogP contribution in [0.5, 0.6) is 0 Å². The molecule has 0 bridgehead atoms. The summed E-state index contributed by atoms with van der Waals surface area (Å²) in [7, 11) is 0. The molecule has 0 amide bonds. The Morgan fingerprint density at radius 2 is 1.08 bits per heavy atom. The molecular formula is C6H10O4S2Zn. The van der Waals surface area contributed by atoms with Gasteiger partial charge in [0.1, 0.15) is 0 Å². The van der Waals surface area contributed by atoms with Crippen LogP contribution in [0.1, 0.15) is 13.8 Å². The smallest absolute Gasteiger partial charge is 0.549 e. The molecule has 0 aromatic rings. The van der Waals surface area contributed by atoms with Crippen molar-refractivity contribution in [3.63, 3.8) is 0 Å². The van der Waals surface area contributed by atoms with Crippen LogP contribution in [-0.2, 0) is 29.1 Å². The van der Waals surface area contributed by atoms with Crippen LogP contribution in [-0.4, -0.2) is 22.4 Å². The molecule has 13 heavy (non-hydrogen) atoms. The zero-order valence-corrected chi connectivity index (χ0v) is 12.1. The van der Waals surface area contributed by atoms with E-state index >= 15 is 0 Å². The van der Waals surface area contributed by atoms with Gasteiger partial charge in [-0.05, 0) is 13.8 Å². The average Bonchev–Trinajstić information content (AvgIpc) is 1.88. The van der Waals surface area contributed by atoms with Gasteiger partial charge in [-0.15, -0.1) is 0 Å². The molecule has 0 fully saturated rings. The first-order valence-electron chi connectivity index (χ1n) is 3.06. The maximum atomic E-state index is 9.51. The van der Waals surface area contributed by atoms with E-state index in [1.807, 2.05) is 0 Å². The van der Waals surface area contributed by atoms with E-state index < -0.39 is 22.4 Å². The first-order valence-corrected chi connectivity index (χ1v) is 4.10. The summed E-state index contributed by atoms with van der Waals surface area (Å²) in [6.07, 6.45) is 0. The van der Waals surface area contributed by atoms with Crippen molar-refractivity contribution >= 4 is 37.2 Å². The summed E-state index contributed by atoms with van der Waals surface area (Å²) >= 11 is 7.06. The fourth-order valence-electron chi connectivity index (χ4n) is 0. The fraction of sp³-hybridized carbons (Fsp3) is 0.667. The van der Waals surface area contributed by atoms with Gasteiger partial charge in [0.05, 0.1) is 11.9 Å². The third-order valence-corrected chi connectivity index (χ3v) is 1.10. The number of carboxylic acid groups (broad SMARTS) is 2.